The molecule has 0 heterocycles. The Hall–Kier alpha value is -7.22. The Morgan fingerprint density at radius 2 is 0.709 bits per heavy atom. The number of rotatable bonds is 7. The van der Waals surface area contributed by atoms with E-state index in [2.05, 4.69) is 229 Å². The summed E-state index contributed by atoms with van der Waals surface area (Å²) in [6.07, 6.45) is 0. The van der Waals surface area contributed by atoms with E-state index in [1.807, 2.05) is 0 Å². The topological polar surface area (TPSA) is 3.24 Å². The summed E-state index contributed by atoms with van der Waals surface area (Å²) in [7, 11) is 0. The van der Waals surface area contributed by atoms with Crippen molar-refractivity contribution in [2.45, 2.75) is 0 Å². The van der Waals surface area contributed by atoms with Gasteiger partial charge in [-0.2, -0.15) is 0 Å². The molecule has 0 bridgehead atoms. The molecule has 0 amide bonds. The smallest absolute Gasteiger partial charge is 0.0546 e. The number of benzene rings is 10. The molecule has 55 heavy (non-hydrogen) atoms. The minimum Gasteiger partial charge on any atom is -0.309 e. The predicted molar refractivity (Wildman–Crippen MR) is 235 cm³/mol. The summed E-state index contributed by atoms with van der Waals surface area (Å²) < 4.78 is 0. The maximum atomic E-state index is 2.47. The van der Waals surface area contributed by atoms with Gasteiger partial charge in [0.2, 0.25) is 0 Å². The second-order valence-corrected chi connectivity index (χ2v) is 14.0. The molecule has 0 atom stereocenters. The van der Waals surface area contributed by atoms with Crippen LogP contribution in [0.1, 0.15) is 0 Å². The SMILES string of the molecule is c1ccc(-c2ccccc2-c2ccccc2-c2ccccc2N(c2ccc(-c3cccc4ccccc34)cc2)c2cc3ccccc3c3ccccc23)cc1. The molecule has 10 rings (SSSR count). The van der Waals surface area contributed by atoms with Gasteiger partial charge in [0.25, 0.3) is 0 Å². The zero-order valence-electron chi connectivity index (χ0n) is 30.3. The standard InChI is InChI=1S/C54H37N/c1-2-17-38(18-3-1)45-23-8-9-25-47(45)49-27-10-11-28-50(49)51-29-14-15-32-53(51)55(54-37-41-20-5-7-24-46(41)48-26-12-13-30-52(48)54)42-35-33-40(34-36-42)44-31-16-21-39-19-4-6-22-43(39)44/h1-37H. The van der Waals surface area contributed by atoms with Gasteiger partial charge in [-0.25, -0.2) is 0 Å². The highest BCUT2D eigenvalue weighted by Gasteiger charge is 2.22. The summed E-state index contributed by atoms with van der Waals surface area (Å²) in [6, 6.07) is 81.5. The number of nitrogens with zero attached hydrogens (tertiary/aromatic N) is 1. The summed E-state index contributed by atoms with van der Waals surface area (Å²) in [5, 5.41) is 7.41. The van der Waals surface area contributed by atoms with Crippen molar-refractivity contribution in [3.63, 3.8) is 0 Å². The molecule has 0 aliphatic heterocycles. The molecule has 0 aliphatic carbocycles. The van der Waals surface area contributed by atoms with Gasteiger partial charge in [0, 0.05) is 16.6 Å². The average molecular weight is 700 g/mol. The monoisotopic (exact) mass is 699 g/mol. The maximum Gasteiger partial charge on any atom is 0.0546 e. The minimum absolute atomic E-state index is 1.10. The van der Waals surface area contributed by atoms with Gasteiger partial charge in [-0.3, -0.25) is 0 Å². The van der Waals surface area contributed by atoms with Crippen molar-refractivity contribution in [2.24, 2.45) is 0 Å². The largest absolute Gasteiger partial charge is 0.309 e. The summed E-state index contributed by atoms with van der Waals surface area (Å²) >= 11 is 0. The van der Waals surface area contributed by atoms with Gasteiger partial charge >= 0.3 is 0 Å². The van der Waals surface area contributed by atoms with Crippen LogP contribution in [0.25, 0.3) is 76.8 Å². The van der Waals surface area contributed by atoms with Crippen LogP contribution in [-0.2, 0) is 0 Å². The van der Waals surface area contributed by atoms with Crippen LogP contribution in [0.15, 0.2) is 224 Å². The van der Waals surface area contributed by atoms with Crippen molar-refractivity contribution in [3.05, 3.63) is 224 Å². The lowest BCUT2D eigenvalue weighted by atomic mass is 9.88. The van der Waals surface area contributed by atoms with E-state index in [0.29, 0.717) is 0 Å². The van der Waals surface area contributed by atoms with E-state index in [4.69, 9.17) is 0 Å². The van der Waals surface area contributed by atoms with Crippen molar-refractivity contribution in [3.8, 4) is 44.5 Å². The normalized spacial score (nSPS) is 11.3. The lowest BCUT2D eigenvalue weighted by Gasteiger charge is -2.30. The van der Waals surface area contributed by atoms with E-state index < -0.39 is 0 Å². The molecule has 0 saturated carbocycles. The second kappa shape index (κ2) is 14.0. The van der Waals surface area contributed by atoms with Crippen LogP contribution in [0, 0.1) is 0 Å². The molecule has 0 N–H and O–H groups in total. The molecule has 0 saturated heterocycles. The Labute approximate surface area is 322 Å². The molecule has 0 unspecified atom stereocenters. The molecule has 10 aromatic carbocycles. The lowest BCUT2D eigenvalue weighted by molar-refractivity contribution is 1.30. The Morgan fingerprint density at radius 1 is 0.236 bits per heavy atom. The van der Waals surface area contributed by atoms with Crippen molar-refractivity contribution in [1.29, 1.82) is 0 Å². The van der Waals surface area contributed by atoms with Gasteiger partial charge in [0.05, 0.1) is 11.4 Å². The van der Waals surface area contributed by atoms with Crippen molar-refractivity contribution in [1.82, 2.24) is 0 Å². The van der Waals surface area contributed by atoms with Gasteiger partial charge in [-0.15, -0.1) is 0 Å². The van der Waals surface area contributed by atoms with E-state index in [0.717, 1.165) is 22.6 Å². The van der Waals surface area contributed by atoms with Crippen LogP contribution in [0.3, 0.4) is 0 Å². The van der Waals surface area contributed by atoms with Crippen molar-refractivity contribution < 1.29 is 0 Å². The molecule has 258 valence electrons. The van der Waals surface area contributed by atoms with E-state index in [1.165, 1.54) is 71.3 Å². The quantitative estimate of drug-likeness (QED) is 0.150. The fourth-order valence-corrected chi connectivity index (χ4v) is 8.33. The summed E-state index contributed by atoms with van der Waals surface area (Å²) in [5.74, 6) is 0. The van der Waals surface area contributed by atoms with Crippen LogP contribution in [0.5, 0.6) is 0 Å². The fourth-order valence-electron chi connectivity index (χ4n) is 8.33. The third kappa shape index (κ3) is 5.84. The highest BCUT2D eigenvalue weighted by molar-refractivity contribution is 6.15. The highest BCUT2D eigenvalue weighted by atomic mass is 15.1. The van der Waals surface area contributed by atoms with Crippen LogP contribution >= 0.6 is 0 Å². The third-order valence-corrected chi connectivity index (χ3v) is 10.9. The Bertz CT molecular complexity index is 2970. The highest BCUT2D eigenvalue weighted by Crippen LogP contribution is 2.48. The Balaban J connectivity index is 1.21. The Kier molecular flexibility index (Phi) is 8.24. The van der Waals surface area contributed by atoms with Crippen LogP contribution in [0.4, 0.5) is 17.1 Å². The number of hydrogen-bond donors (Lipinski definition) is 0. The van der Waals surface area contributed by atoms with Crippen LogP contribution < -0.4 is 4.90 Å². The van der Waals surface area contributed by atoms with Gasteiger partial charge < -0.3 is 4.90 Å². The van der Waals surface area contributed by atoms with Gasteiger partial charge in [0.1, 0.15) is 0 Å². The van der Waals surface area contributed by atoms with Crippen LogP contribution in [0.2, 0.25) is 0 Å². The summed E-state index contributed by atoms with van der Waals surface area (Å²) in [5.41, 5.74) is 13.0. The second-order valence-electron chi connectivity index (χ2n) is 14.0. The number of fused-ring (bicyclic) bond motifs is 4. The molecule has 10 aromatic rings. The van der Waals surface area contributed by atoms with E-state index in [9.17, 15) is 0 Å². The number of hydrogen-bond acceptors (Lipinski definition) is 1. The first-order valence-corrected chi connectivity index (χ1v) is 18.9. The zero-order valence-corrected chi connectivity index (χ0v) is 30.3. The molecule has 0 aromatic heterocycles. The molecular formula is C54H37N. The number of anilines is 3. The average Bonchev–Trinajstić information content (AvgIpc) is 3.27. The van der Waals surface area contributed by atoms with Gasteiger partial charge in [-0.05, 0) is 90.1 Å². The molecule has 0 fully saturated rings. The van der Waals surface area contributed by atoms with E-state index in [-0.39, 0.29) is 0 Å². The minimum atomic E-state index is 1.10. The first-order chi connectivity index (χ1) is 27.3. The fraction of sp³-hybridized carbons (Fsp3) is 0. The van der Waals surface area contributed by atoms with E-state index in [1.54, 1.807) is 0 Å². The molecule has 1 heteroatoms. The van der Waals surface area contributed by atoms with E-state index >= 15 is 0 Å². The van der Waals surface area contributed by atoms with Crippen molar-refractivity contribution >= 4 is 49.4 Å². The van der Waals surface area contributed by atoms with Gasteiger partial charge in [-0.1, -0.05) is 200 Å². The molecule has 0 aliphatic rings. The first kappa shape index (κ1) is 32.4. The van der Waals surface area contributed by atoms with Crippen molar-refractivity contribution in [2.75, 3.05) is 4.90 Å². The predicted octanol–water partition coefficient (Wildman–Crippen LogP) is 15.3. The third-order valence-electron chi connectivity index (χ3n) is 10.9. The first-order valence-electron chi connectivity index (χ1n) is 18.9. The molecule has 0 spiro atoms. The molecule has 0 radical (unpaired) electrons. The summed E-state index contributed by atoms with van der Waals surface area (Å²) in [6.45, 7) is 0. The Morgan fingerprint density at radius 3 is 1.45 bits per heavy atom. The molecular weight excluding hydrogens is 663 g/mol. The maximum absolute atomic E-state index is 2.47. The van der Waals surface area contributed by atoms with Gasteiger partial charge in [0.15, 0.2) is 0 Å². The zero-order chi connectivity index (χ0) is 36.6. The van der Waals surface area contributed by atoms with Crippen LogP contribution in [-0.4, -0.2) is 0 Å². The lowest BCUT2D eigenvalue weighted by Crippen LogP contribution is -2.12. The number of para-hydroxylation sites is 1. The molecule has 1 nitrogen and oxygen atoms in total. The summed E-state index contributed by atoms with van der Waals surface area (Å²) in [4.78, 5) is 2.47.